The summed E-state index contributed by atoms with van der Waals surface area (Å²) >= 11 is 0. The van der Waals surface area contributed by atoms with E-state index in [0.29, 0.717) is 35.6 Å². The average molecular weight is 947 g/mol. The maximum atomic E-state index is 12.5. The second-order valence-electron chi connectivity index (χ2n) is 18.3. The number of likely N-dealkylation sites (N-methyl/N-ethyl adjacent to an activating group) is 2. The smallest absolute Gasteiger partial charge is 0.359 e. The quantitative estimate of drug-likeness (QED) is 0.125. The van der Waals surface area contributed by atoms with Crippen molar-refractivity contribution in [2.24, 2.45) is 5.73 Å². The summed E-state index contributed by atoms with van der Waals surface area (Å²) in [5.41, 5.74) is 9.31. The Balaban J connectivity index is 0.000000186. The number of aliphatic hydroxyl groups is 2. The number of fused-ring (bicyclic) bond motifs is 2. The number of carbonyl (C=O) groups excluding carboxylic acids is 4. The molecule has 4 fully saturated rings. The van der Waals surface area contributed by atoms with E-state index in [-0.39, 0.29) is 42.2 Å². The van der Waals surface area contributed by atoms with Crippen LogP contribution in [0.4, 0.5) is 0 Å². The summed E-state index contributed by atoms with van der Waals surface area (Å²) in [7, 11) is 4.66. The highest BCUT2D eigenvalue weighted by molar-refractivity contribution is 6.05. The molecule has 2 atom stereocenters. The number of amides is 3. The normalized spacial score (nSPS) is 20.2. The number of methoxy groups -OCH3 is 1. The molecule has 4 aliphatic heterocycles. The van der Waals surface area contributed by atoms with E-state index in [2.05, 4.69) is 55.8 Å². The van der Waals surface area contributed by atoms with Crippen molar-refractivity contribution in [2.75, 3.05) is 60.5 Å². The van der Waals surface area contributed by atoms with Crippen molar-refractivity contribution in [1.82, 2.24) is 45.3 Å². The number of benzene rings is 4. The van der Waals surface area contributed by atoms with Crippen LogP contribution < -0.4 is 11.9 Å². The molecule has 0 bridgehead atoms. The minimum atomic E-state index is -1.66. The fourth-order valence-corrected chi connectivity index (χ4v) is 9.47. The molecule has 10 rings (SSSR count). The maximum absolute atomic E-state index is 12.5. The number of nitrogens with zero attached hydrogens (tertiary/aromatic N) is 8. The Hall–Kier alpha value is -7.38. The van der Waals surface area contributed by atoms with Crippen LogP contribution in [0.5, 0.6) is 0 Å². The lowest BCUT2D eigenvalue weighted by molar-refractivity contribution is -0.138. The number of primary amides is 1. The van der Waals surface area contributed by atoms with Gasteiger partial charge in [0.15, 0.2) is 11.4 Å². The summed E-state index contributed by atoms with van der Waals surface area (Å²) in [6, 6.07) is 26.7. The molecule has 4 aromatic carbocycles. The van der Waals surface area contributed by atoms with Crippen LogP contribution in [0.15, 0.2) is 84.9 Å². The van der Waals surface area contributed by atoms with E-state index in [4.69, 9.17) is 10.5 Å². The van der Waals surface area contributed by atoms with Gasteiger partial charge in [-0.25, -0.2) is 14.2 Å². The Morgan fingerprint density at radius 3 is 1.47 bits per heavy atom. The van der Waals surface area contributed by atoms with Crippen molar-refractivity contribution in [1.29, 1.82) is 0 Å². The van der Waals surface area contributed by atoms with Crippen LogP contribution in [0.25, 0.3) is 33.2 Å². The molecule has 0 radical (unpaired) electrons. The molecule has 0 spiro atoms. The Bertz CT molecular complexity index is 3130. The molecule has 6 aromatic rings. The van der Waals surface area contributed by atoms with Gasteiger partial charge in [-0.2, -0.15) is 10.2 Å². The molecular formula is C53H58N10O7. The highest BCUT2D eigenvalue weighted by Gasteiger charge is 2.43. The van der Waals surface area contributed by atoms with Crippen molar-refractivity contribution >= 4 is 45.5 Å². The molecule has 3 amide bonds. The highest BCUT2D eigenvalue weighted by atomic mass is 16.5. The van der Waals surface area contributed by atoms with E-state index in [1.54, 1.807) is 29.5 Å². The van der Waals surface area contributed by atoms with E-state index in [9.17, 15) is 29.4 Å². The first-order chi connectivity index (χ1) is 33.2. The molecule has 0 saturated carbocycles. The zero-order chi connectivity index (χ0) is 48.5. The van der Waals surface area contributed by atoms with Crippen molar-refractivity contribution in [3.63, 3.8) is 0 Å². The molecule has 0 aliphatic carbocycles. The SMILES string of the molecule is CN1CC[C@@](O)(C#Cc2cccc(-n3nc(C(N)=O)c4cc(CN5CCCC5)ccc43)c2)C1=O.COC(=O)c1nn(-c2cccc(C#C[C@]3(O)CCN(C)C3=O)c2)c2ccc(CN3CCCC3)cc12.N. The number of nitrogens with two attached hydrogens (primary N) is 1. The van der Waals surface area contributed by atoms with Crippen molar-refractivity contribution in [3.8, 4) is 35.1 Å². The van der Waals surface area contributed by atoms with Crippen LogP contribution >= 0.6 is 0 Å². The van der Waals surface area contributed by atoms with Crippen LogP contribution in [0.1, 0.15) is 81.8 Å². The Morgan fingerprint density at radius 2 is 1.07 bits per heavy atom. The minimum Gasteiger partial charge on any atom is -0.464 e. The van der Waals surface area contributed by atoms with E-state index < -0.39 is 23.1 Å². The van der Waals surface area contributed by atoms with Gasteiger partial charge < -0.3 is 36.6 Å². The molecule has 2 aromatic heterocycles. The monoisotopic (exact) mass is 946 g/mol. The molecule has 7 N–H and O–H groups in total. The molecule has 6 heterocycles. The van der Waals surface area contributed by atoms with Gasteiger partial charge >= 0.3 is 5.97 Å². The Labute approximate surface area is 406 Å². The maximum Gasteiger partial charge on any atom is 0.359 e. The highest BCUT2D eigenvalue weighted by Crippen LogP contribution is 2.29. The van der Waals surface area contributed by atoms with Crippen LogP contribution in [0.3, 0.4) is 0 Å². The lowest BCUT2D eigenvalue weighted by Gasteiger charge is -2.14. The second-order valence-corrected chi connectivity index (χ2v) is 18.3. The molecule has 362 valence electrons. The van der Waals surface area contributed by atoms with Crippen molar-refractivity contribution in [2.45, 2.75) is 62.8 Å². The number of esters is 1. The predicted molar refractivity (Wildman–Crippen MR) is 264 cm³/mol. The van der Waals surface area contributed by atoms with E-state index >= 15 is 0 Å². The van der Waals surface area contributed by atoms with E-state index in [0.717, 1.165) is 72.2 Å². The first-order valence-corrected chi connectivity index (χ1v) is 23.3. The summed E-state index contributed by atoms with van der Waals surface area (Å²) in [5.74, 6) is 9.52. The second kappa shape index (κ2) is 20.3. The zero-order valence-corrected chi connectivity index (χ0v) is 39.8. The predicted octanol–water partition coefficient (Wildman–Crippen LogP) is 4.18. The topological polar surface area (TPSA) is 228 Å². The number of hydrogen-bond donors (Lipinski definition) is 4. The molecule has 70 heavy (non-hydrogen) atoms. The van der Waals surface area contributed by atoms with Crippen LogP contribution in [-0.4, -0.2) is 145 Å². The largest absolute Gasteiger partial charge is 0.464 e. The summed E-state index contributed by atoms with van der Waals surface area (Å²) in [5, 5.41) is 31.7. The lowest BCUT2D eigenvalue weighted by Crippen LogP contribution is -2.37. The van der Waals surface area contributed by atoms with Gasteiger partial charge in [-0.15, -0.1) is 0 Å². The van der Waals surface area contributed by atoms with Gasteiger partial charge in [0.2, 0.25) is 11.2 Å². The van der Waals surface area contributed by atoms with Gasteiger partial charge in [0.1, 0.15) is 0 Å². The third-order valence-electron chi connectivity index (χ3n) is 13.3. The van der Waals surface area contributed by atoms with Crippen molar-refractivity contribution < 1.29 is 34.1 Å². The Morgan fingerprint density at radius 1 is 0.643 bits per heavy atom. The zero-order valence-electron chi connectivity index (χ0n) is 39.8. The molecular weight excluding hydrogens is 889 g/mol. The number of rotatable bonds is 8. The lowest BCUT2D eigenvalue weighted by atomic mass is 10.0. The van der Waals surface area contributed by atoms with Crippen LogP contribution in [0.2, 0.25) is 0 Å². The van der Waals surface area contributed by atoms with Gasteiger partial charge in [0, 0.05) is 75.0 Å². The number of aromatic nitrogens is 4. The number of hydrogen-bond acceptors (Lipinski definition) is 12. The molecule has 4 saturated heterocycles. The summed E-state index contributed by atoms with van der Waals surface area (Å²) < 4.78 is 8.39. The standard InChI is InChI=1S/C27H28N4O4.C26H27N5O3.H3N/c1-29-15-12-27(34,26(29)33)11-10-19-6-5-7-21(16-19)31-23-9-8-20(18-30-13-3-4-14-30)17-22(23)24(28-31)25(32)35-2;1-29-14-11-26(34,25(29)33)10-9-18-5-4-6-20(15-18)31-22-8-7-19(17-30-12-2-3-13-30)16-21(22)23(28-31)24(27)32;/h5-9,16-17,34H,3-4,12-15,18H2,1-2H3;4-8,15-16,34H,2-3,11-14,17H2,1H3,(H2,27,32);1H3/t27-;26-;/m00./s1. The van der Waals surface area contributed by atoms with E-state index in [1.165, 1.54) is 42.6 Å². The van der Waals surface area contributed by atoms with E-state index in [1.807, 2.05) is 66.7 Å². The summed E-state index contributed by atoms with van der Waals surface area (Å²) in [6.07, 6.45) is 5.42. The number of likely N-dealkylation sites (tertiary alicyclic amines) is 4. The molecule has 17 nitrogen and oxygen atoms in total. The fourth-order valence-electron chi connectivity index (χ4n) is 9.47. The third kappa shape index (κ3) is 10.0. The van der Waals surface area contributed by atoms with Gasteiger partial charge in [0.25, 0.3) is 17.7 Å². The van der Waals surface area contributed by atoms with Gasteiger partial charge in [0.05, 0.1) is 29.5 Å². The van der Waals surface area contributed by atoms with Crippen LogP contribution in [0, 0.1) is 23.7 Å². The van der Waals surface area contributed by atoms with Crippen LogP contribution in [-0.2, 0) is 27.4 Å². The van der Waals surface area contributed by atoms with Gasteiger partial charge in [-0.1, -0.05) is 47.9 Å². The number of carbonyl (C=O) groups is 4. The first-order valence-electron chi connectivity index (χ1n) is 23.3. The van der Waals surface area contributed by atoms with Crippen molar-refractivity contribution in [3.05, 3.63) is 119 Å². The molecule has 17 heteroatoms. The Kier molecular flexibility index (Phi) is 14.2. The van der Waals surface area contributed by atoms with Gasteiger partial charge in [-0.3, -0.25) is 24.2 Å². The third-order valence-corrected chi connectivity index (χ3v) is 13.3. The number of ether oxygens (including phenoxy) is 1. The fraction of sp³-hybridized carbons (Fsp3) is 0.358. The minimum absolute atomic E-state index is 0. The van der Waals surface area contributed by atoms with Gasteiger partial charge in [-0.05, 0) is 124 Å². The first kappa shape index (κ1) is 49.1. The molecule has 0 unspecified atom stereocenters. The average Bonchev–Trinajstić information content (AvgIpc) is 4.24. The summed E-state index contributed by atoms with van der Waals surface area (Å²) in [4.78, 5) is 56.9. The molecule has 4 aliphatic rings. The summed E-state index contributed by atoms with van der Waals surface area (Å²) in [6.45, 7) is 6.97.